The van der Waals surface area contributed by atoms with Crippen molar-refractivity contribution in [1.82, 2.24) is 9.88 Å². The van der Waals surface area contributed by atoms with Crippen LogP contribution in [0.25, 0.3) is 10.9 Å². The number of hydrogen-bond acceptors (Lipinski definition) is 7. The third-order valence-electron chi connectivity index (χ3n) is 5.66. The van der Waals surface area contributed by atoms with Crippen molar-refractivity contribution in [2.75, 3.05) is 58.9 Å². The Balaban J connectivity index is 1.48. The van der Waals surface area contributed by atoms with Gasteiger partial charge in [-0.2, -0.15) is 0 Å². The molecule has 1 saturated heterocycles. The Bertz CT molecular complexity index is 1050. The van der Waals surface area contributed by atoms with Gasteiger partial charge in [-0.25, -0.2) is 0 Å². The fraction of sp³-hybridized carbons (Fsp3) is 0.400. The molecule has 0 aliphatic carbocycles. The molecule has 4 rings (SSSR count). The first-order valence-electron chi connectivity index (χ1n) is 11.0. The van der Waals surface area contributed by atoms with Gasteiger partial charge in [-0.1, -0.05) is 0 Å². The number of rotatable bonds is 9. The van der Waals surface area contributed by atoms with E-state index < -0.39 is 0 Å². The molecule has 7 nitrogen and oxygen atoms in total. The van der Waals surface area contributed by atoms with Gasteiger partial charge in [0.15, 0.2) is 11.5 Å². The van der Waals surface area contributed by atoms with Crippen molar-refractivity contribution in [1.29, 1.82) is 0 Å². The van der Waals surface area contributed by atoms with E-state index in [2.05, 4.69) is 22.1 Å². The lowest BCUT2D eigenvalue weighted by Crippen LogP contribution is -2.37. The van der Waals surface area contributed by atoms with Crippen molar-refractivity contribution in [3.8, 4) is 23.0 Å². The average molecular weight is 438 g/mol. The van der Waals surface area contributed by atoms with Crippen molar-refractivity contribution in [3.05, 3.63) is 48.2 Å². The highest BCUT2D eigenvalue weighted by Gasteiger charge is 2.14. The first-order valence-corrected chi connectivity index (χ1v) is 11.0. The smallest absolute Gasteiger partial charge is 0.163 e. The van der Waals surface area contributed by atoms with Crippen LogP contribution in [0.4, 0.5) is 5.69 Å². The number of fused-ring (bicyclic) bond motifs is 1. The number of nitrogens with zero attached hydrogens (tertiary/aromatic N) is 2. The van der Waals surface area contributed by atoms with E-state index in [1.807, 2.05) is 43.4 Å². The minimum Gasteiger partial charge on any atom is -0.493 e. The van der Waals surface area contributed by atoms with E-state index >= 15 is 0 Å². The Kier molecular flexibility index (Phi) is 7.29. The highest BCUT2D eigenvalue weighted by atomic mass is 16.5. The summed E-state index contributed by atoms with van der Waals surface area (Å²) in [5.41, 5.74) is 3.00. The molecule has 1 aliphatic heterocycles. The fourth-order valence-electron chi connectivity index (χ4n) is 3.89. The van der Waals surface area contributed by atoms with Crippen LogP contribution < -0.4 is 19.5 Å². The molecule has 0 bridgehead atoms. The molecule has 32 heavy (non-hydrogen) atoms. The van der Waals surface area contributed by atoms with E-state index in [-0.39, 0.29) is 0 Å². The summed E-state index contributed by atoms with van der Waals surface area (Å²) in [4.78, 5) is 6.92. The number of aryl methyl sites for hydroxylation is 1. The van der Waals surface area contributed by atoms with Crippen LogP contribution >= 0.6 is 0 Å². The zero-order valence-electron chi connectivity index (χ0n) is 19.0. The molecule has 0 radical (unpaired) electrons. The molecule has 1 N–H and O–H groups in total. The van der Waals surface area contributed by atoms with Gasteiger partial charge in [-0.3, -0.25) is 9.88 Å². The first kappa shape index (κ1) is 22.2. The van der Waals surface area contributed by atoms with Gasteiger partial charge in [-0.05, 0) is 49.2 Å². The van der Waals surface area contributed by atoms with E-state index in [1.165, 1.54) is 0 Å². The Morgan fingerprint density at radius 1 is 1.06 bits per heavy atom. The van der Waals surface area contributed by atoms with Gasteiger partial charge in [0.25, 0.3) is 0 Å². The second kappa shape index (κ2) is 10.5. The molecular formula is C25H31N3O4. The zero-order valence-corrected chi connectivity index (χ0v) is 19.0. The van der Waals surface area contributed by atoms with Crippen LogP contribution in [0.1, 0.15) is 12.0 Å². The van der Waals surface area contributed by atoms with E-state index in [0.29, 0.717) is 18.1 Å². The number of anilines is 1. The van der Waals surface area contributed by atoms with Crippen molar-refractivity contribution in [2.24, 2.45) is 0 Å². The number of ether oxygens (including phenoxy) is 4. The highest BCUT2D eigenvalue weighted by Crippen LogP contribution is 2.37. The molecular weight excluding hydrogens is 406 g/mol. The molecule has 1 aliphatic rings. The molecule has 3 aromatic rings. The number of hydrogen-bond donors (Lipinski definition) is 1. The maximum Gasteiger partial charge on any atom is 0.163 e. The minimum absolute atomic E-state index is 0.618. The summed E-state index contributed by atoms with van der Waals surface area (Å²) in [7, 11) is 3.56. The molecule has 0 saturated carbocycles. The number of morpholine rings is 1. The molecule has 0 spiro atoms. The van der Waals surface area contributed by atoms with Gasteiger partial charge in [-0.15, -0.1) is 0 Å². The molecule has 1 aromatic heterocycles. The predicted octanol–water partition coefficient (Wildman–Crippen LogP) is 4.49. The topological polar surface area (TPSA) is 65.1 Å². The van der Waals surface area contributed by atoms with Gasteiger partial charge >= 0.3 is 0 Å². The zero-order chi connectivity index (χ0) is 22.3. The molecule has 170 valence electrons. The Labute approximate surface area is 189 Å². The van der Waals surface area contributed by atoms with Crippen LogP contribution in [0.3, 0.4) is 0 Å². The number of aromatic nitrogens is 1. The third kappa shape index (κ3) is 5.23. The third-order valence-corrected chi connectivity index (χ3v) is 5.66. The molecule has 0 atom stereocenters. The Morgan fingerprint density at radius 3 is 2.66 bits per heavy atom. The molecule has 1 fully saturated rings. The van der Waals surface area contributed by atoms with E-state index in [9.17, 15) is 0 Å². The molecule has 0 amide bonds. The molecule has 2 aromatic carbocycles. The van der Waals surface area contributed by atoms with Gasteiger partial charge in [0.1, 0.15) is 11.5 Å². The second-order valence-electron chi connectivity index (χ2n) is 7.81. The van der Waals surface area contributed by atoms with Crippen LogP contribution in [-0.2, 0) is 4.74 Å². The van der Waals surface area contributed by atoms with Gasteiger partial charge < -0.3 is 24.3 Å². The van der Waals surface area contributed by atoms with Crippen LogP contribution in [0.15, 0.2) is 42.6 Å². The van der Waals surface area contributed by atoms with Crippen LogP contribution in [0.2, 0.25) is 0 Å². The molecule has 0 unspecified atom stereocenters. The van der Waals surface area contributed by atoms with Crippen molar-refractivity contribution < 1.29 is 18.9 Å². The Hall–Kier alpha value is -3.03. The predicted molar refractivity (Wildman–Crippen MR) is 126 cm³/mol. The fourth-order valence-corrected chi connectivity index (χ4v) is 3.89. The monoisotopic (exact) mass is 437 g/mol. The van der Waals surface area contributed by atoms with Crippen molar-refractivity contribution in [3.63, 3.8) is 0 Å². The summed E-state index contributed by atoms with van der Waals surface area (Å²) in [5.74, 6) is 2.87. The summed E-state index contributed by atoms with van der Waals surface area (Å²) in [6.07, 6.45) is 2.70. The maximum atomic E-state index is 6.20. The summed E-state index contributed by atoms with van der Waals surface area (Å²) in [5, 5.41) is 4.05. The minimum atomic E-state index is 0.618. The van der Waals surface area contributed by atoms with Gasteiger partial charge in [0.05, 0.1) is 32.4 Å². The van der Waals surface area contributed by atoms with E-state index in [1.54, 1.807) is 13.3 Å². The highest BCUT2D eigenvalue weighted by molar-refractivity contribution is 5.88. The summed E-state index contributed by atoms with van der Waals surface area (Å²) < 4.78 is 23.3. The van der Waals surface area contributed by atoms with E-state index in [4.69, 9.17) is 18.9 Å². The van der Waals surface area contributed by atoms with Crippen molar-refractivity contribution >= 4 is 16.6 Å². The van der Waals surface area contributed by atoms with E-state index in [0.717, 1.165) is 72.9 Å². The lowest BCUT2D eigenvalue weighted by atomic mass is 10.1. The largest absolute Gasteiger partial charge is 0.493 e. The Morgan fingerprint density at radius 2 is 1.91 bits per heavy atom. The quantitative estimate of drug-likeness (QED) is 0.495. The number of pyridine rings is 1. The second-order valence-corrected chi connectivity index (χ2v) is 7.81. The summed E-state index contributed by atoms with van der Waals surface area (Å²) >= 11 is 0. The maximum absolute atomic E-state index is 6.20. The van der Waals surface area contributed by atoms with Crippen molar-refractivity contribution in [2.45, 2.75) is 13.3 Å². The lowest BCUT2D eigenvalue weighted by molar-refractivity contribution is 0.0357. The summed E-state index contributed by atoms with van der Waals surface area (Å²) in [6, 6.07) is 11.7. The summed E-state index contributed by atoms with van der Waals surface area (Å²) in [6.45, 7) is 7.28. The average Bonchev–Trinajstić information content (AvgIpc) is 2.82. The first-order chi connectivity index (χ1) is 15.7. The van der Waals surface area contributed by atoms with Gasteiger partial charge in [0.2, 0.25) is 0 Å². The van der Waals surface area contributed by atoms with Crippen LogP contribution in [0, 0.1) is 6.92 Å². The number of methoxy groups -OCH3 is 1. The number of nitrogens with one attached hydrogen (secondary N) is 1. The molecule has 2 heterocycles. The van der Waals surface area contributed by atoms with Gasteiger partial charge in [0, 0.05) is 50.0 Å². The van der Waals surface area contributed by atoms with Crippen LogP contribution in [-0.4, -0.2) is 63.5 Å². The number of benzene rings is 2. The van der Waals surface area contributed by atoms with Crippen LogP contribution in [0.5, 0.6) is 23.0 Å². The standard InChI is InChI=1S/C25H31N3O4/c1-18-15-19(5-6-21(18)26-2)32-23-7-8-27-22-17-25(24(29-3)16-20(22)23)31-12-4-9-28-10-13-30-14-11-28/h5-8,15-17,26H,4,9-14H2,1-3H3. The molecule has 7 heteroatoms. The lowest BCUT2D eigenvalue weighted by Gasteiger charge is -2.26. The normalized spacial score (nSPS) is 14.3. The SMILES string of the molecule is CNc1ccc(Oc2ccnc3cc(OCCCN4CCOCC4)c(OC)cc23)cc1C.